The monoisotopic (exact) mass is 327 g/mol. The summed E-state index contributed by atoms with van der Waals surface area (Å²) in [6.07, 6.45) is 0.182. The molecule has 2 rings (SSSR count). The second-order valence-electron chi connectivity index (χ2n) is 4.37. The van der Waals surface area contributed by atoms with Crippen molar-refractivity contribution in [1.82, 2.24) is 0 Å². The van der Waals surface area contributed by atoms with Gasteiger partial charge in [0.2, 0.25) is 5.91 Å². The number of nitrogens with one attached hydrogen (secondary N) is 1. The Morgan fingerprint density at radius 3 is 2.55 bits per heavy atom. The van der Waals surface area contributed by atoms with Gasteiger partial charge in [0.15, 0.2) is 0 Å². The lowest BCUT2D eigenvalue weighted by molar-refractivity contribution is -0.115. The van der Waals surface area contributed by atoms with Crippen molar-refractivity contribution in [3.05, 3.63) is 62.6 Å². The van der Waals surface area contributed by atoms with E-state index in [1.165, 1.54) is 0 Å². The molecule has 2 aromatic carbocycles. The van der Waals surface area contributed by atoms with Gasteiger partial charge in [-0.1, -0.05) is 46.9 Å². The molecule has 0 saturated heterocycles. The number of hydrogen-bond donors (Lipinski definition) is 1. The van der Waals surface area contributed by atoms with Crippen LogP contribution in [0.15, 0.2) is 36.4 Å². The number of amides is 1. The molecule has 0 heterocycles. The van der Waals surface area contributed by atoms with Crippen molar-refractivity contribution >= 4 is 46.4 Å². The van der Waals surface area contributed by atoms with Gasteiger partial charge in [-0.05, 0) is 42.3 Å². The minimum atomic E-state index is -0.153. The topological polar surface area (TPSA) is 29.1 Å². The first-order chi connectivity index (χ1) is 9.47. The first-order valence-corrected chi connectivity index (χ1v) is 7.09. The van der Waals surface area contributed by atoms with E-state index >= 15 is 0 Å². The number of halogens is 3. The zero-order valence-electron chi connectivity index (χ0n) is 10.7. The van der Waals surface area contributed by atoms with Crippen molar-refractivity contribution in [2.24, 2.45) is 0 Å². The Balaban J connectivity index is 2.11. The van der Waals surface area contributed by atoms with Gasteiger partial charge < -0.3 is 5.32 Å². The largest absolute Gasteiger partial charge is 0.326 e. The first kappa shape index (κ1) is 15.2. The average Bonchev–Trinajstić information content (AvgIpc) is 2.38. The van der Waals surface area contributed by atoms with Crippen LogP contribution in [0.2, 0.25) is 15.1 Å². The standard InChI is InChI=1S/C15H12Cl3NO/c1-9-12(17)3-2-4-14(9)19-15(20)7-10-5-6-11(16)8-13(10)18/h2-6,8H,7H2,1H3,(H,19,20). The summed E-state index contributed by atoms with van der Waals surface area (Å²) in [5.41, 5.74) is 2.27. The zero-order valence-corrected chi connectivity index (χ0v) is 13.0. The summed E-state index contributed by atoms with van der Waals surface area (Å²) in [6.45, 7) is 1.85. The SMILES string of the molecule is Cc1c(Cl)cccc1NC(=O)Cc1ccc(Cl)cc1Cl. The summed E-state index contributed by atoms with van der Waals surface area (Å²) in [5, 5.41) is 4.47. The second kappa shape index (κ2) is 6.49. The molecule has 0 atom stereocenters. The minimum Gasteiger partial charge on any atom is -0.326 e. The van der Waals surface area contributed by atoms with Crippen molar-refractivity contribution in [3.63, 3.8) is 0 Å². The summed E-state index contributed by atoms with van der Waals surface area (Å²) < 4.78 is 0. The summed E-state index contributed by atoms with van der Waals surface area (Å²) in [7, 11) is 0. The third-order valence-corrected chi connectivity index (χ3v) is 3.90. The van der Waals surface area contributed by atoms with E-state index in [1.54, 1.807) is 30.3 Å². The maximum Gasteiger partial charge on any atom is 0.228 e. The number of carbonyl (C=O) groups is 1. The van der Waals surface area contributed by atoms with Crippen LogP contribution in [0, 0.1) is 6.92 Å². The third-order valence-electron chi connectivity index (χ3n) is 2.91. The third kappa shape index (κ3) is 3.66. The van der Waals surface area contributed by atoms with Crippen molar-refractivity contribution in [2.75, 3.05) is 5.32 Å². The van der Waals surface area contributed by atoms with E-state index in [1.807, 2.05) is 13.0 Å². The molecule has 0 aliphatic heterocycles. The molecule has 0 aromatic heterocycles. The molecular formula is C15H12Cl3NO. The molecule has 2 nitrogen and oxygen atoms in total. The number of benzene rings is 2. The molecule has 0 radical (unpaired) electrons. The van der Waals surface area contributed by atoms with E-state index in [0.29, 0.717) is 20.8 Å². The maximum absolute atomic E-state index is 12.0. The highest BCUT2D eigenvalue weighted by Gasteiger charge is 2.10. The van der Waals surface area contributed by atoms with Gasteiger partial charge in [0.1, 0.15) is 0 Å². The van der Waals surface area contributed by atoms with Gasteiger partial charge in [0.05, 0.1) is 6.42 Å². The van der Waals surface area contributed by atoms with Crippen molar-refractivity contribution in [2.45, 2.75) is 13.3 Å². The normalized spacial score (nSPS) is 10.4. The molecule has 2 aromatic rings. The van der Waals surface area contributed by atoms with Crippen molar-refractivity contribution in [1.29, 1.82) is 0 Å². The fourth-order valence-corrected chi connectivity index (χ4v) is 2.43. The average molecular weight is 329 g/mol. The molecule has 0 saturated carbocycles. The highest BCUT2D eigenvalue weighted by Crippen LogP contribution is 2.24. The second-order valence-corrected chi connectivity index (χ2v) is 5.62. The summed E-state index contributed by atoms with van der Waals surface area (Å²) in [4.78, 5) is 12.0. The van der Waals surface area contributed by atoms with Crippen LogP contribution in [-0.4, -0.2) is 5.91 Å². The van der Waals surface area contributed by atoms with Gasteiger partial charge in [-0.15, -0.1) is 0 Å². The van der Waals surface area contributed by atoms with Gasteiger partial charge in [0.25, 0.3) is 0 Å². The van der Waals surface area contributed by atoms with E-state index in [0.717, 1.165) is 11.1 Å². The van der Waals surface area contributed by atoms with Gasteiger partial charge in [-0.3, -0.25) is 4.79 Å². The summed E-state index contributed by atoms with van der Waals surface area (Å²) >= 11 is 17.9. The Hall–Kier alpha value is -1.22. The lowest BCUT2D eigenvalue weighted by atomic mass is 10.1. The fourth-order valence-electron chi connectivity index (χ4n) is 1.78. The smallest absolute Gasteiger partial charge is 0.228 e. The van der Waals surface area contributed by atoms with Crippen LogP contribution in [0.4, 0.5) is 5.69 Å². The number of hydrogen-bond acceptors (Lipinski definition) is 1. The summed E-state index contributed by atoms with van der Waals surface area (Å²) in [6, 6.07) is 10.5. The van der Waals surface area contributed by atoms with Crippen molar-refractivity contribution < 1.29 is 4.79 Å². The van der Waals surface area contributed by atoms with Crippen LogP contribution >= 0.6 is 34.8 Å². The van der Waals surface area contributed by atoms with E-state index < -0.39 is 0 Å². The number of carbonyl (C=O) groups excluding carboxylic acids is 1. The van der Waals surface area contributed by atoms with Gasteiger partial charge >= 0.3 is 0 Å². The summed E-state index contributed by atoms with van der Waals surface area (Å²) in [5.74, 6) is -0.153. The molecule has 20 heavy (non-hydrogen) atoms. The minimum absolute atomic E-state index is 0.153. The molecule has 5 heteroatoms. The van der Waals surface area contributed by atoms with Crippen LogP contribution in [-0.2, 0) is 11.2 Å². The molecule has 0 spiro atoms. The van der Waals surface area contributed by atoms with E-state index in [9.17, 15) is 4.79 Å². The molecule has 104 valence electrons. The lowest BCUT2D eigenvalue weighted by Crippen LogP contribution is -2.15. The Labute approximate surface area is 132 Å². The van der Waals surface area contributed by atoms with Crippen molar-refractivity contribution in [3.8, 4) is 0 Å². The quantitative estimate of drug-likeness (QED) is 0.830. The van der Waals surface area contributed by atoms with E-state index in [2.05, 4.69) is 5.32 Å². The molecule has 1 amide bonds. The van der Waals surface area contributed by atoms with Crippen LogP contribution in [0.5, 0.6) is 0 Å². The predicted octanol–water partition coefficient (Wildman–Crippen LogP) is 5.14. The molecule has 0 aliphatic rings. The molecule has 0 bridgehead atoms. The Kier molecular flexibility index (Phi) is 4.92. The fraction of sp³-hybridized carbons (Fsp3) is 0.133. The molecule has 0 unspecified atom stereocenters. The maximum atomic E-state index is 12.0. The molecule has 1 N–H and O–H groups in total. The molecule has 0 aliphatic carbocycles. The first-order valence-electron chi connectivity index (χ1n) is 5.96. The van der Waals surface area contributed by atoms with Crippen LogP contribution < -0.4 is 5.32 Å². The zero-order chi connectivity index (χ0) is 14.7. The lowest BCUT2D eigenvalue weighted by Gasteiger charge is -2.10. The number of anilines is 1. The highest BCUT2D eigenvalue weighted by molar-refractivity contribution is 6.35. The molecule has 0 fully saturated rings. The van der Waals surface area contributed by atoms with Gasteiger partial charge in [-0.2, -0.15) is 0 Å². The molecular weight excluding hydrogens is 317 g/mol. The Morgan fingerprint density at radius 2 is 1.85 bits per heavy atom. The van der Waals surface area contributed by atoms with Crippen LogP contribution in [0.25, 0.3) is 0 Å². The van der Waals surface area contributed by atoms with Gasteiger partial charge in [0, 0.05) is 20.8 Å². The number of rotatable bonds is 3. The highest BCUT2D eigenvalue weighted by atomic mass is 35.5. The van der Waals surface area contributed by atoms with E-state index in [-0.39, 0.29) is 12.3 Å². The Bertz CT molecular complexity index is 656. The Morgan fingerprint density at radius 1 is 1.10 bits per heavy atom. The predicted molar refractivity (Wildman–Crippen MR) is 85.0 cm³/mol. The van der Waals surface area contributed by atoms with Crippen LogP contribution in [0.3, 0.4) is 0 Å². The van der Waals surface area contributed by atoms with Gasteiger partial charge in [-0.25, -0.2) is 0 Å². The van der Waals surface area contributed by atoms with E-state index in [4.69, 9.17) is 34.8 Å². The van der Waals surface area contributed by atoms with Crippen LogP contribution in [0.1, 0.15) is 11.1 Å².